The zero-order chi connectivity index (χ0) is 16.7. The quantitative estimate of drug-likeness (QED) is 0.810. The van der Waals surface area contributed by atoms with Crippen LogP contribution in [-0.4, -0.2) is 38.1 Å². The molecular weight excluding hydrogens is 312 g/mol. The number of carbonyl (C=O) groups excluding carboxylic acids is 1. The van der Waals surface area contributed by atoms with Crippen LogP contribution in [0.3, 0.4) is 0 Å². The van der Waals surface area contributed by atoms with Gasteiger partial charge in [0.05, 0.1) is 12.8 Å². The van der Waals surface area contributed by atoms with Crippen molar-refractivity contribution in [1.82, 2.24) is 4.90 Å². The molecule has 2 rings (SSSR count). The topological polar surface area (TPSA) is 41.6 Å². The first-order valence-electron chi connectivity index (χ1n) is 8.41. The summed E-state index contributed by atoms with van der Waals surface area (Å²) in [6, 6.07) is 5.42. The maximum Gasteiger partial charge on any atom is 0.224 e. The number of ether oxygens (including phenoxy) is 1. The number of halogens is 1. The fraction of sp³-hybridized carbons (Fsp3) is 0.611. The van der Waals surface area contributed by atoms with Gasteiger partial charge in [0, 0.05) is 31.6 Å². The number of nitrogens with one attached hydrogen (secondary N) is 1. The van der Waals surface area contributed by atoms with Crippen LogP contribution in [0.1, 0.15) is 38.5 Å². The molecule has 1 aromatic carbocycles. The van der Waals surface area contributed by atoms with E-state index in [1.807, 2.05) is 24.1 Å². The standard InChI is InChI=1S/C18H27ClN2O2/c1-21(13-14-6-4-3-5-7-14)18(22)10-11-20-16-12-15(19)8-9-17(16)23-2/h8-9,12,14,20H,3-7,10-11,13H2,1-2H3. The molecular formula is C18H27ClN2O2. The third kappa shape index (κ3) is 5.61. The zero-order valence-electron chi connectivity index (χ0n) is 14.1. The van der Waals surface area contributed by atoms with E-state index < -0.39 is 0 Å². The van der Waals surface area contributed by atoms with Gasteiger partial charge in [-0.05, 0) is 37.0 Å². The van der Waals surface area contributed by atoms with Crippen LogP contribution in [0, 0.1) is 5.92 Å². The first-order chi connectivity index (χ1) is 11.1. The predicted octanol–water partition coefficient (Wildman–Crippen LogP) is 4.19. The van der Waals surface area contributed by atoms with E-state index in [1.165, 1.54) is 32.1 Å². The Balaban J connectivity index is 1.76. The highest BCUT2D eigenvalue weighted by Crippen LogP contribution is 2.27. The molecule has 1 N–H and O–H groups in total. The Morgan fingerprint density at radius 3 is 2.78 bits per heavy atom. The first kappa shape index (κ1) is 17.9. The van der Waals surface area contributed by atoms with Crippen LogP contribution < -0.4 is 10.1 Å². The van der Waals surface area contributed by atoms with Crippen LogP contribution in [0.4, 0.5) is 5.69 Å². The second kappa shape index (κ2) is 9.02. The molecule has 1 fully saturated rings. The van der Waals surface area contributed by atoms with Crippen molar-refractivity contribution >= 4 is 23.2 Å². The van der Waals surface area contributed by atoms with Crippen molar-refractivity contribution in [2.45, 2.75) is 38.5 Å². The van der Waals surface area contributed by atoms with Crippen molar-refractivity contribution in [2.75, 3.05) is 32.6 Å². The third-order valence-electron chi connectivity index (χ3n) is 4.50. The normalized spacial score (nSPS) is 15.3. The van der Waals surface area contributed by atoms with Gasteiger partial charge in [-0.2, -0.15) is 0 Å². The van der Waals surface area contributed by atoms with Gasteiger partial charge in [0.1, 0.15) is 5.75 Å². The van der Waals surface area contributed by atoms with Gasteiger partial charge in [-0.1, -0.05) is 30.9 Å². The van der Waals surface area contributed by atoms with Crippen LogP contribution in [0.25, 0.3) is 0 Å². The first-order valence-corrected chi connectivity index (χ1v) is 8.79. The molecule has 1 aliphatic carbocycles. The third-order valence-corrected chi connectivity index (χ3v) is 4.73. The lowest BCUT2D eigenvalue weighted by molar-refractivity contribution is -0.130. The van der Waals surface area contributed by atoms with Crippen molar-refractivity contribution < 1.29 is 9.53 Å². The van der Waals surface area contributed by atoms with Gasteiger partial charge in [-0.3, -0.25) is 4.79 Å². The number of amides is 1. The van der Waals surface area contributed by atoms with Crippen LogP contribution in [0.2, 0.25) is 5.02 Å². The van der Waals surface area contributed by atoms with Gasteiger partial charge < -0.3 is 15.0 Å². The molecule has 0 heterocycles. The molecule has 5 heteroatoms. The smallest absolute Gasteiger partial charge is 0.224 e. The van der Waals surface area contributed by atoms with E-state index in [-0.39, 0.29) is 5.91 Å². The maximum absolute atomic E-state index is 12.3. The molecule has 23 heavy (non-hydrogen) atoms. The number of nitrogens with zero attached hydrogens (tertiary/aromatic N) is 1. The molecule has 0 aliphatic heterocycles. The molecule has 0 radical (unpaired) electrons. The molecule has 0 atom stereocenters. The van der Waals surface area contributed by atoms with Crippen LogP contribution in [-0.2, 0) is 4.79 Å². The molecule has 0 bridgehead atoms. The molecule has 1 amide bonds. The van der Waals surface area contributed by atoms with E-state index in [2.05, 4.69) is 5.32 Å². The van der Waals surface area contributed by atoms with E-state index in [0.717, 1.165) is 18.0 Å². The van der Waals surface area contributed by atoms with Gasteiger partial charge in [0.25, 0.3) is 0 Å². The number of methoxy groups -OCH3 is 1. The van der Waals surface area contributed by atoms with Crippen LogP contribution in [0.15, 0.2) is 18.2 Å². The molecule has 1 aliphatic rings. The average molecular weight is 339 g/mol. The van der Waals surface area contributed by atoms with Gasteiger partial charge in [0.2, 0.25) is 5.91 Å². The Morgan fingerprint density at radius 2 is 2.09 bits per heavy atom. The average Bonchev–Trinajstić information content (AvgIpc) is 2.56. The number of hydrogen-bond donors (Lipinski definition) is 1. The Bertz CT molecular complexity index is 516. The molecule has 1 aromatic rings. The van der Waals surface area contributed by atoms with Crippen LogP contribution in [0.5, 0.6) is 5.75 Å². The second-order valence-corrected chi connectivity index (χ2v) is 6.74. The lowest BCUT2D eigenvalue weighted by atomic mass is 9.89. The summed E-state index contributed by atoms with van der Waals surface area (Å²) in [5.74, 6) is 1.60. The van der Waals surface area contributed by atoms with Crippen molar-refractivity contribution in [3.8, 4) is 5.75 Å². The summed E-state index contributed by atoms with van der Waals surface area (Å²) in [6.45, 7) is 1.46. The molecule has 0 saturated heterocycles. The van der Waals surface area contributed by atoms with E-state index in [1.54, 1.807) is 13.2 Å². The lowest BCUT2D eigenvalue weighted by Gasteiger charge is -2.27. The molecule has 1 saturated carbocycles. The summed E-state index contributed by atoms with van der Waals surface area (Å²) < 4.78 is 5.29. The number of anilines is 1. The minimum absolute atomic E-state index is 0.184. The van der Waals surface area contributed by atoms with Crippen molar-refractivity contribution in [3.05, 3.63) is 23.2 Å². The number of hydrogen-bond acceptors (Lipinski definition) is 3. The highest BCUT2D eigenvalue weighted by molar-refractivity contribution is 6.30. The summed E-state index contributed by atoms with van der Waals surface area (Å²) >= 11 is 6.00. The lowest BCUT2D eigenvalue weighted by Crippen LogP contribution is -2.33. The Morgan fingerprint density at radius 1 is 1.35 bits per heavy atom. The van der Waals surface area contributed by atoms with E-state index >= 15 is 0 Å². The van der Waals surface area contributed by atoms with Crippen molar-refractivity contribution in [3.63, 3.8) is 0 Å². The molecule has 0 aromatic heterocycles. The van der Waals surface area contributed by atoms with Gasteiger partial charge in [0.15, 0.2) is 0 Å². The molecule has 0 spiro atoms. The monoisotopic (exact) mass is 338 g/mol. The summed E-state index contributed by atoms with van der Waals surface area (Å²) in [5.41, 5.74) is 0.822. The summed E-state index contributed by atoms with van der Waals surface area (Å²) in [6.07, 6.45) is 6.95. The molecule has 0 unspecified atom stereocenters. The highest BCUT2D eigenvalue weighted by atomic mass is 35.5. The zero-order valence-corrected chi connectivity index (χ0v) is 14.9. The van der Waals surface area contributed by atoms with Gasteiger partial charge in [-0.25, -0.2) is 0 Å². The Kier molecular flexibility index (Phi) is 7.03. The highest BCUT2D eigenvalue weighted by Gasteiger charge is 2.18. The number of benzene rings is 1. The maximum atomic E-state index is 12.3. The fourth-order valence-corrected chi connectivity index (χ4v) is 3.34. The summed E-state index contributed by atoms with van der Waals surface area (Å²) in [7, 11) is 3.54. The Labute approximate surface area is 144 Å². The molecule has 128 valence electrons. The van der Waals surface area contributed by atoms with Crippen molar-refractivity contribution in [1.29, 1.82) is 0 Å². The summed E-state index contributed by atoms with van der Waals surface area (Å²) in [4.78, 5) is 14.1. The van der Waals surface area contributed by atoms with E-state index in [4.69, 9.17) is 16.3 Å². The van der Waals surface area contributed by atoms with E-state index in [0.29, 0.717) is 23.9 Å². The minimum Gasteiger partial charge on any atom is -0.495 e. The van der Waals surface area contributed by atoms with E-state index in [9.17, 15) is 4.79 Å². The summed E-state index contributed by atoms with van der Waals surface area (Å²) in [5, 5.41) is 3.88. The largest absolute Gasteiger partial charge is 0.495 e. The minimum atomic E-state index is 0.184. The Hall–Kier alpha value is -1.42. The second-order valence-electron chi connectivity index (χ2n) is 6.30. The number of carbonyl (C=O) groups is 1. The fourth-order valence-electron chi connectivity index (χ4n) is 3.17. The van der Waals surface area contributed by atoms with Crippen molar-refractivity contribution in [2.24, 2.45) is 5.92 Å². The van der Waals surface area contributed by atoms with Gasteiger partial charge >= 0.3 is 0 Å². The number of rotatable bonds is 7. The van der Waals surface area contributed by atoms with Gasteiger partial charge in [-0.15, -0.1) is 0 Å². The van der Waals surface area contributed by atoms with Crippen LogP contribution >= 0.6 is 11.6 Å². The molecule has 4 nitrogen and oxygen atoms in total. The SMILES string of the molecule is COc1ccc(Cl)cc1NCCC(=O)N(C)CC1CCCCC1. The predicted molar refractivity (Wildman–Crippen MR) is 95.3 cm³/mol.